The highest BCUT2D eigenvalue weighted by molar-refractivity contribution is 6.03. The predicted molar refractivity (Wildman–Crippen MR) is 49.8 cm³/mol. The van der Waals surface area contributed by atoms with E-state index >= 15 is 0 Å². The lowest BCUT2D eigenvalue weighted by Crippen LogP contribution is -2.13. The van der Waals surface area contributed by atoms with Crippen LogP contribution in [0.25, 0.3) is 0 Å². The van der Waals surface area contributed by atoms with E-state index in [0.29, 0.717) is 6.54 Å². The maximum absolute atomic E-state index is 11.5. The number of rotatable bonds is 1. The summed E-state index contributed by atoms with van der Waals surface area (Å²) < 4.78 is 0. The van der Waals surface area contributed by atoms with Crippen LogP contribution in [0.4, 0.5) is 5.69 Å². The molecule has 0 saturated carbocycles. The number of nitrogens with zero attached hydrogens (tertiary/aromatic N) is 1. The largest absolute Gasteiger partial charge is 0.367 e. The molecule has 2 heterocycles. The second-order valence-electron chi connectivity index (χ2n) is 3.48. The van der Waals surface area contributed by atoms with Gasteiger partial charge in [0.2, 0.25) is 0 Å². The number of fused-ring (bicyclic) bond motifs is 1. The summed E-state index contributed by atoms with van der Waals surface area (Å²) in [6.45, 7) is 2.86. The molecule has 0 aromatic heterocycles. The lowest BCUT2D eigenvalue weighted by Gasteiger charge is -2.06. The number of hydrogen-bond donors (Lipinski definition) is 1. The summed E-state index contributed by atoms with van der Waals surface area (Å²) in [4.78, 5) is 13.7. The van der Waals surface area contributed by atoms with Crippen LogP contribution in [0.3, 0.4) is 0 Å². The Morgan fingerprint density at radius 2 is 2.15 bits per heavy atom. The summed E-state index contributed by atoms with van der Waals surface area (Å²) >= 11 is 0. The summed E-state index contributed by atoms with van der Waals surface area (Å²) in [6.07, 6.45) is 0. The molecule has 0 radical (unpaired) electrons. The SMILES string of the molecule is O=C1NCc2cccc(N3CC3)c21. The van der Waals surface area contributed by atoms with Gasteiger partial charge in [-0.1, -0.05) is 12.1 Å². The lowest BCUT2D eigenvalue weighted by molar-refractivity contribution is 0.0966. The molecule has 66 valence electrons. The normalized spacial score (nSPS) is 18.5. The average molecular weight is 174 g/mol. The molecule has 0 aliphatic carbocycles. The van der Waals surface area contributed by atoms with Crippen molar-refractivity contribution in [3.05, 3.63) is 29.3 Å². The van der Waals surface area contributed by atoms with E-state index in [0.717, 1.165) is 29.9 Å². The monoisotopic (exact) mass is 174 g/mol. The standard InChI is InChI=1S/C10H10N2O/c13-10-9-7(6-11-10)2-1-3-8(9)12-4-5-12/h1-3H,4-6H2,(H,11,13). The number of carbonyl (C=O) groups is 1. The molecule has 1 fully saturated rings. The van der Waals surface area contributed by atoms with Gasteiger partial charge in [0.1, 0.15) is 0 Å². The molecule has 3 rings (SSSR count). The minimum atomic E-state index is 0.0810. The number of anilines is 1. The topological polar surface area (TPSA) is 32.1 Å². The van der Waals surface area contributed by atoms with Crippen molar-refractivity contribution in [3.8, 4) is 0 Å². The van der Waals surface area contributed by atoms with Crippen LogP contribution in [0, 0.1) is 0 Å². The van der Waals surface area contributed by atoms with Crippen molar-refractivity contribution in [1.82, 2.24) is 5.32 Å². The van der Waals surface area contributed by atoms with E-state index < -0.39 is 0 Å². The molecule has 3 heteroatoms. The fourth-order valence-corrected chi connectivity index (χ4v) is 1.81. The number of amides is 1. The van der Waals surface area contributed by atoms with Crippen LogP contribution < -0.4 is 10.2 Å². The molecule has 1 saturated heterocycles. The summed E-state index contributed by atoms with van der Waals surface area (Å²) in [5, 5.41) is 2.84. The van der Waals surface area contributed by atoms with Gasteiger partial charge in [0.05, 0.1) is 5.56 Å². The maximum atomic E-state index is 11.5. The van der Waals surface area contributed by atoms with Crippen molar-refractivity contribution in [3.63, 3.8) is 0 Å². The molecule has 1 aromatic carbocycles. The predicted octanol–water partition coefficient (Wildman–Crippen LogP) is 0.750. The average Bonchev–Trinajstić information content (AvgIpc) is 2.92. The van der Waals surface area contributed by atoms with Crippen molar-refractivity contribution in [2.75, 3.05) is 18.0 Å². The smallest absolute Gasteiger partial charge is 0.254 e. The number of hydrogen-bond acceptors (Lipinski definition) is 2. The summed E-state index contributed by atoms with van der Waals surface area (Å²) in [6, 6.07) is 6.06. The first-order valence-corrected chi connectivity index (χ1v) is 4.51. The third-order valence-corrected chi connectivity index (χ3v) is 2.58. The van der Waals surface area contributed by atoms with Gasteiger partial charge in [0.25, 0.3) is 5.91 Å². The molecule has 1 amide bonds. The van der Waals surface area contributed by atoms with Crippen molar-refractivity contribution in [1.29, 1.82) is 0 Å². The van der Waals surface area contributed by atoms with Gasteiger partial charge in [-0.2, -0.15) is 0 Å². The highest BCUT2D eigenvalue weighted by Crippen LogP contribution is 2.30. The van der Waals surface area contributed by atoms with Crippen molar-refractivity contribution in [2.24, 2.45) is 0 Å². The third kappa shape index (κ3) is 0.932. The number of benzene rings is 1. The van der Waals surface area contributed by atoms with E-state index in [1.807, 2.05) is 18.2 Å². The van der Waals surface area contributed by atoms with Crippen molar-refractivity contribution >= 4 is 11.6 Å². The first-order chi connectivity index (χ1) is 6.36. The zero-order chi connectivity index (χ0) is 8.84. The van der Waals surface area contributed by atoms with Gasteiger partial charge in [0.15, 0.2) is 0 Å². The van der Waals surface area contributed by atoms with Gasteiger partial charge in [-0.3, -0.25) is 4.79 Å². The van der Waals surface area contributed by atoms with E-state index in [2.05, 4.69) is 10.2 Å². The molecule has 1 N–H and O–H groups in total. The molecular formula is C10H10N2O. The van der Waals surface area contributed by atoms with Crippen LogP contribution in [0.1, 0.15) is 15.9 Å². The Balaban J connectivity index is 2.19. The Bertz CT molecular complexity index is 383. The van der Waals surface area contributed by atoms with Crippen molar-refractivity contribution < 1.29 is 4.79 Å². The number of nitrogens with one attached hydrogen (secondary N) is 1. The first-order valence-electron chi connectivity index (χ1n) is 4.51. The van der Waals surface area contributed by atoms with Gasteiger partial charge >= 0.3 is 0 Å². The van der Waals surface area contributed by atoms with Crippen molar-refractivity contribution in [2.45, 2.75) is 6.54 Å². The van der Waals surface area contributed by atoms with Crippen LogP contribution in [0.15, 0.2) is 18.2 Å². The summed E-state index contributed by atoms with van der Waals surface area (Å²) in [5.74, 6) is 0.0810. The van der Waals surface area contributed by atoms with Gasteiger partial charge in [-0.25, -0.2) is 0 Å². The van der Waals surface area contributed by atoms with Crippen LogP contribution in [0.2, 0.25) is 0 Å². The molecule has 3 nitrogen and oxygen atoms in total. The van der Waals surface area contributed by atoms with Crippen LogP contribution in [-0.2, 0) is 6.54 Å². The Morgan fingerprint density at radius 1 is 1.31 bits per heavy atom. The van der Waals surface area contributed by atoms with E-state index in [9.17, 15) is 4.79 Å². The van der Waals surface area contributed by atoms with Gasteiger partial charge in [-0.15, -0.1) is 0 Å². The quantitative estimate of drug-likeness (QED) is 0.637. The zero-order valence-electron chi connectivity index (χ0n) is 7.21. The van der Waals surface area contributed by atoms with Gasteiger partial charge in [-0.05, 0) is 11.6 Å². The molecule has 0 atom stereocenters. The summed E-state index contributed by atoms with van der Waals surface area (Å²) in [5.41, 5.74) is 3.13. The van der Waals surface area contributed by atoms with E-state index in [4.69, 9.17) is 0 Å². The molecule has 2 aliphatic rings. The Morgan fingerprint density at radius 3 is 2.92 bits per heavy atom. The molecule has 2 aliphatic heterocycles. The van der Waals surface area contributed by atoms with E-state index in [-0.39, 0.29) is 5.91 Å². The Kier molecular flexibility index (Phi) is 1.20. The first kappa shape index (κ1) is 6.95. The Hall–Kier alpha value is -1.51. The molecule has 0 bridgehead atoms. The maximum Gasteiger partial charge on any atom is 0.254 e. The molecule has 0 spiro atoms. The van der Waals surface area contributed by atoms with Crippen LogP contribution in [-0.4, -0.2) is 19.0 Å². The highest BCUT2D eigenvalue weighted by atomic mass is 16.1. The fourth-order valence-electron chi connectivity index (χ4n) is 1.81. The highest BCUT2D eigenvalue weighted by Gasteiger charge is 2.28. The second-order valence-corrected chi connectivity index (χ2v) is 3.48. The third-order valence-electron chi connectivity index (χ3n) is 2.58. The van der Waals surface area contributed by atoms with E-state index in [1.54, 1.807) is 0 Å². The molecular weight excluding hydrogens is 164 g/mol. The van der Waals surface area contributed by atoms with Crippen LogP contribution in [0.5, 0.6) is 0 Å². The fraction of sp³-hybridized carbons (Fsp3) is 0.300. The van der Waals surface area contributed by atoms with Gasteiger partial charge < -0.3 is 10.2 Å². The minimum Gasteiger partial charge on any atom is -0.367 e. The van der Waals surface area contributed by atoms with Gasteiger partial charge in [0, 0.05) is 25.3 Å². The zero-order valence-corrected chi connectivity index (χ0v) is 7.21. The molecule has 0 unspecified atom stereocenters. The molecule has 13 heavy (non-hydrogen) atoms. The minimum absolute atomic E-state index is 0.0810. The van der Waals surface area contributed by atoms with Crippen LogP contribution >= 0.6 is 0 Å². The Labute approximate surface area is 76.4 Å². The number of carbonyl (C=O) groups excluding carboxylic acids is 1. The summed E-state index contributed by atoms with van der Waals surface area (Å²) in [7, 11) is 0. The second kappa shape index (κ2) is 2.25. The lowest BCUT2D eigenvalue weighted by atomic mass is 10.1. The molecule has 1 aromatic rings. The van der Waals surface area contributed by atoms with E-state index in [1.165, 1.54) is 0 Å².